The van der Waals surface area contributed by atoms with Crippen molar-refractivity contribution in [3.8, 4) is 0 Å². The van der Waals surface area contributed by atoms with Crippen LogP contribution in [0.5, 0.6) is 0 Å². The van der Waals surface area contributed by atoms with E-state index < -0.39 is 0 Å². The highest BCUT2D eigenvalue weighted by Gasteiger charge is 2.22. The topological polar surface area (TPSA) is 58.4 Å². The molecule has 4 nitrogen and oxygen atoms in total. The second-order valence-corrected chi connectivity index (χ2v) is 5.22. The number of hydrogen-bond donors (Lipinski definition) is 2. The van der Waals surface area contributed by atoms with Crippen molar-refractivity contribution in [2.24, 2.45) is 11.7 Å². The lowest BCUT2D eigenvalue weighted by Gasteiger charge is -2.15. The minimum atomic E-state index is 0.0573. The van der Waals surface area contributed by atoms with Crippen LogP contribution in [-0.2, 0) is 11.2 Å². The maximum Gasteiger partial charge on any atom is 0.238 e. The Labute approximate surface area is 115 Å². The summed E-state index contributed by atoms with van der Waals surface area (Å²) in [5.41, 5.74) is 7.80. The van der Waals surface area contributed by atoms with Crippen LogP contribution in [0, 0.1) is 5.92 Å². The molecule has 0 aromatic heterocycles. The fraction of sp³-hybridized carbons (Fsp3) is 0.533. The summed E-state index contributed by atoms with van der Waals surface area (Å²) in [4.78, 5) is 14.1. The number of nitrogens with zero attached hydrogens (tertiary/aromatic N) is 1. The van der Waals surface area contributed by atoms with Crippen molar-refractivity contribution in [2.75, 3.05) is 31.5 Å². The van der Waals surface area contributed by atoms with Gasteiger partial charge in [0, 0.05) is 12.2 Å². The van der Waals surface area contributed by atoms with Crippen molar-refractivity contribution in [3.05, 3.63) is 29.8 Å². The highest BCUT2D eigenvalue weighted by Crippen LogP contribution is 2.15. The Hall–Kier alpha value is -1.39. The van der Waals surface area contributed by atoms with Crippen LogP contribution in [0.25, 0.3) is 0 Å². The van der Waals surface area contributed by atoms with Crippen LogP contribution in [-0.4, -0.2) is 37.0 Å². The number of carbonyl (C=O) groups excluding carboxylic acids is 1. The van der Waals surface area contributed by atoms with Gasteiger partial charge in [-0.3, -0.25) is 9.69 Å². The van der Waals surface area contributed by atoms with Gasteiger partial charge in [0.25, 0.3) is 0 Å². The highest BCUT2D eigenvalue weighted by atomic mass is 16.2. The van der Waals surface area contributed by atoms with Crippen molar-refractivity contribution in [1.82, 2.24) is 4.90 Å². The molecule has 0 radical (unpaired) electrons. The second-order valence-electron chi connectivity index (χ2n) is 5.22. The molecule has 0 spiro atoms. The van der Waals surface area contributed by atoms with Gasteiger partial charge in [0.2, 0.25) is 5.91 Å². The van der Waals surface area contributed by atoms with E-state index in [1.54, 1.807) is 0 Å². The van der Waals surface area contributed by atoms with Gasteiger partial charge in [-0.2, -0.15) is 0 Å². The minimum absolute atomic E-state index is 0.0573. The molecule has 3 N–H and O–H groups in total. The van der Waals surface area contributed by atoms with Crippen molar-refractivity contribution < 1.29 is 4.79 Å². The molecule has 1 aromatic rings. The van der Waals surface area contributed by atoms with E-state index in [-0.39, 0.29) is 5.91 Å². The Morgan fingerprint density at radius 2 is 2.16 bits per heavy atom. The van der Waals surface area contributed by atoms with Gasteiger partial charge in [0.15, 0.2) is 0 Å². The molecule has 1 aliphatic rings. The summed E-state index contributed by atoms with van der Waals surface area (Å²) in [5, 5.41) is 2.94. The summed E-state index contributed by atoms with van der Waals surface area (Å²) in [6.45, 7) is 5.22. The molecule has 1 aliphatic heterocycles. The zero-order valence-corrected chi connectivity index (χ0v) is 11.6. The lowest BCUT2D eigenvalue weighted by molar-refractivity contribution is -0.117. The zero-order valence-electron chi connectivity index (χ0n) is 11.6. The van der Waals surface area contributed by atoms with Crippen LogP contribution in [0.4, 0.5) is 5.69 Å². The number of nitrogens with two attached hydrogens (primary N) is 1. The number of rotatable bonds is 5. The smallest absolute Gasteiger partial charge is 0.238 e. The molecular weight excluding hydrogens is 238 g/mol. The molecule has 0 bridgehead atoms. The van der Waals surface area contributed by atoms with E-state index in [0.29, 0.717) is 12.5 Å². The number of hydrogen-bond acceptors (Lipinski definition) is 3. The standard InChI is InChI=1S/C15H23N3O/c1-2-12-3-5-14(6-4-12)17-15(19)11-18-8-7-13(9-16)10-18/h3-6,13H,2,7-11,16H2,1H3,(H,17,19). The van der Waals surface area contributed by atoms with Crippen molar-refractivity contribution in [1.29, 1.82) is 0 Å². The fourth-order valence-electron chi connectivity index (χ4n) is 2.48. The van der Waals surface area contributed by atoms with E-state index in [0.717, 1.165) is 38.2 Å². The normalized spacial score (nSPS) is 19.6. The molecule has 1 unspecified atom stereocenters. The molecule has 1 fully saturated rings. The van der Waals surface area contributed by atoms with Gasteiger partial charge in [-0.1, -0.05) is 19.1 Å². The summed E-state index contributed by atoms with van der Waals surface area (Å²) < 4.78 is 0. The van der Waals surface area contributed by atoms with Gasteiger partial charge < -0.3 is 11.1 Å². The molecule has 0 aliphatic carbocycles. The van der Waals surface area contributed by atoms with Gasteiger partial charge >= 0.3 is 0 Å². The number of nitrogens with one attached hydrogen (secondary N) is 1. The maximum absolute atomic E-state index is 11.9. The van der Waals surface area contributed by atoms with Crippen LogP contribution in [0.15, 0.2) is 24.3 Å². The SMILES string of the molecule is CCc1ccc(NC(=O)CN2CCC(CN)C2)cc1. The number of carbonyl (C=O) groups is 1. The van der Waals surface area contributed by atoms with Gasteiger partial charge in [0.05, 0.1) is 6.54 Å². The number of likely N-dealkylation sites (tertiary alicyclic amines) is 1. The van der Waals surface area contributed by atoms with Crippen molar-refractivity contribution in [3.63, 3.8) is 0 Å². The number of amides is 1. The lowest BCUT2D eigenvalue weighted by Crippen LogP contribution is -2.32. The highest BCUT2D eigenvalue weighted by molar-refractivity contribution is 5.92. The largest absolute Gasteiger partial charge is 0.330 e. The average molecular weight is 261 g/mol. The number of benzene rings is 1. The average Bonchev–Trinajstić information content (AvgIpc) is 2.87. The molecule has 1 amide bonds. The lowest BCUT2D eigenvalue weighted by atomic mass is 10.1. The van der Waals surface area contributed by atoms with Crippen LogP contribution >= 0.6 is 0 Å². The molecular formula is C15H23N3O. The molecule has 1 saturated heterocycles. The third-order valence-electron chi connectivity index (χ3n) is 3.72. The number of anilines is 1. The Morgan fingerprint density at radius 1 is 1.42 bits per heavy atom. The first-order chi connectivity index (χ1) is 9.21. The summed E-state index contributed by atoms with van der Waals surface area (Å²) in [7, 11) is 0. The fourth-order valence-corrected chi connectivity index (χ4v) is 2.48. The molecule has 1 atom stereocenters. The second kappa shape index (κ2) is 6.68. The minimum Gasteiger partial charge on any atom is -0.330 e. The van der Waals surface area contributed by atoms with Gasteiger partial charge in [-0.05, 0) is 49.5 Å². The Balaban J connectivity index is 1.80. The van der Waals surface area contributed by atoms with Crippen LogP contribution in [0.3, 0.4) is 0 Å². The summed E-state index contributed by atoms with van der Waals surface area (Å²) in [6.07, 6.45) is 2.12. The number of aryl methyl sites for hydroxylation is 1. The van der Waals surface area contributed by atoms with Crippen molar-refractivity contribution >= 4 is 11.6 Å². The predicted octanol–water partition coefficient (Wildman–Crippen LogP) is 1.47. The van der Waals surface area contributed by atoms with Crippen LogP contribution in [0.1, 0.15) is 18.9 Å². The maximum atomic E-state index is 11.9. The first-order valence-electron chi connectivity index (χ1n) is 7.02. The van der Waals surface area contributed by atoms with Gasteiger partial charge in [-0.25, -0.2) is 0 Å². The van der Waals surface area contributed by atoms with Crippen LogP contribution in [0.2, 0.25) is 0 Å². The third kappa shape index (κ3) is 4.04. The first-order valence-corrected chi connectivity index (χ1v) is 7.02. The summed E-state index contributed by atoms with van der Waals surface area (Å²) >= 11 is 0. The van der Waals surface area contributed by atoms with E-state index in [2.05, 4.69) is 29.3 Å². The van der Waals surface area contributed by atoms with E-state index >= 15 is 0 Å². The Kier molecular flexibility index (Phi) is 4.93. The predicted molar refractivity (Wildman–Crippen MR) is 78.1 cm³/mol. The van der Waals surface area contributed by atoms with E-state index in [9.17, 15) is 4.79 Å². The summed E-state index contributed by atoms with van der Waals surface area (Å²) in [5.74, 6) is 0.610. The molecule has 0 saturated carbocycles. The molecule has 2 rings (SSSR count). The van der Waals surface area contributed by atoms with E-state index in [1.165, 1.54) is 5.56 Å². The molecule has 104 valence electrons. The van der Waals surface area contributed by atoms with Gasteiger partial charge in [-0.15, -0.1) is 0 Å². The Bertz CT molecular complexity index is 416. The summed E-state index contributed by atoms with van der Waals surface area (Å²) in [6, 6.07) is 8.03. The Morgan fingerprint density at radius 3 is 2.74 bits per heavy atom. The molecule has 4 heteroatoms. The molecule has 19 heavy (non-hydrogen) atoms. The van der Waals surface area contributed by atoms with Gasteiger partial charge in [0.1, 0.15) is 0 Å². The molecule has 1 aromatic carbocycles. The monoisotopic (exact) mass is 261 g/mol. The zero-order chi connectivity index (χ0) is 13.7. The van der Waals surface area contributed by atoms with Crippen molar-refractivity contribution in [2.45, 2.75) is 19.8 Å². The third-order valence-corrected chi connectivity index (χ3v) is 3.72. The van der Waals surface area contributed by atoms with Crippen LogP contribution < -0.4 is 11.1 Å². The first kappa shape index (κ1) is 14.0. The molecule has 1 heterocycles. The quantitative estimate of drug-likeness (QED) is 0.844. The van der Waals surface area contributed by atoms with E-state index in [1.807, 2.05) is 12.1 Å². The van der Waals surface area contributed by atoms with E-state index in [4.69, 9.17) is 5.73 Å².